The number of Topliss-reactive ketones (excluding diaryl/α,β-unsaturated/α-hetero) is 1. The van der Waals surface area contributed by atoms with Crippen LogP contribution < -0.4 is 9.47 Å². The number of methoxy groups -OCH3 is 1. The first-order valence-electron chi connectivity index (χ1n) is 8.78. The van der Waals surface area contributed by atoms with Crippen LogP contribution in [-0.4, -0.2) is 18.9 Å². The molecule has 0 aromatic heterocycles. The molecule has 0 bridgehead atoms. The van der Waals surface area contributed by atoms with Crippen molar-refractivity contribution in [3.63, 3.8) is 0 Å². The molecule has 0 saturated heterocycles. The predicted octanol–water partition coefficient (Wildman–Crippen LogP) is 4.69. The lowest BCUT2D eigenvalue weighted by Crippen LogP contribution is -2.18. The van der Waals surface area contributed by atoms with Crippen LogP contribution in [0.15, 0.2) is 48.5 Å². The zero-order chi connectivity index (χ0) is 19.2. The molecule has 0 unspecified atom stereocenters. The molecule has 2 aromatic carbocycles. The molecule has 0 amide bonds. The highest BCUT2D eigenvalue weighted by atomic mass is 16.5. The van der Waals surface area contributed by atoms with Crippen molar-refractivity contribution in [2.45, 2.75) is 45.4 Å². The van der Waals surface area contributed by atoms with Gasteiger partial charge >= 0.3 is 5.97 Å². The molecular weight excluding hydrogens is 328 g/mol. The van der Waals surface area contributed by atoms with Gasteiger partial charge in [0.1, 0.15) is 17.3 Å². The molecule has 0 aliphatic rings. The number of hydrogen-bond acceptors (Lipinski definition) is 4. The zero-order valence-electron chi connectivity index (χ0n) is 15.9. The van der Waals surface area contributed by atoms with Crippen molar-refractivity contribution in [2.75, 3.05) is 7.11 Å². The Bertz CT molecular complexity index is 743. The van der Waals surface area contributed by atoms with E-state index in [4.69, 9.17) is 9.47 Å². The number of ketones is 1. The fraction of sp³-hybridized carbons (Fsp3) is 0.364. The van der Waals surface area contributed by atoms with Crippen LogP contribution in [0.1, 0.15) is 51.2 Å². The lowest BCUT2D eigenvalue weighted by atomic mass is 9.78. The Morgan fingerprint density at radius 2 is 1.35 bits per heavy atom. The summed E-state index contributed by atoms with van der Waals surface area (Å²) < 4.78 is 10.5. The van der Waals surface area contributed by atoms with Gasteiger partial charge in [0, 0.05) is 18.3 Å². The molecule has 2 aromatic rings. The van der Waals surface area contributed by atoms with Gasteiger partial charge in [-0.3, -0.25) is 4.79 Å². The van der Waals surface area contributed by atoms with E-state index in [0.29, 0.717) is 18.6 Å². The molecule has 0 aliphatic carbocycles. The fourth-order valence-electron chi connectivity index (χ4n) is 2.78. The molecule has 2 rings (SSSR count). The van der Waals surface area contributed by atoms with E-state index in [1.54, 1.807) is 7.11 Å². The lowest BCUT2D eigenvalue weighted by Gasteiger charge is -2.26. The second-order valence-corrected chi connectivity index (χ2v) is 6.91. The fourth-order valence-corrected chi connectivity index (χ4v) is 2.78. The number of benzene rings is 2. The largest absolute Gasteiger partial charge is 0.497 e. The first-order valence-corrected chi connectivity index (χ1v) is 8.78. The average Bonchev–Trinajstić information content (AvgIpc) is 2.62. The SMILES string of the molecule is COc1ccc(C(C)(C)c2ccc(OC(=O)CCCC(C)=O)cc2)cc1. The van der Waals surface area contributed by atoms with Crippen LogP contribution >= 0.6 is 0 Å². The number of rotatable bonds is 8. The molecule has 0 radical (unpaired) electrons. The summed E-state index contributed by atoms with van der Waals surface area (Å²) >= 11 is 0. The maximum absolute atomic E-state index is 11.8. The number of ether oxygens (including phenoxy) is 2. The summed E-state index contributed by atoms with van der Waals surface area (Å²) in [5.74, 6) is 1.13. The minimum Gasteiger partial charge on any atom is -0.497 e. The van der Waals surface area contributed by atoms with Crippen LogP contribution in [0.5, 0.6) is 11.5 Å². The monoisotopic (exact) mass is 354 g/mol. The molecule has 0 heterocycles. The molecular formula is C22H26O4. The van der Waals surface area contributed by atoms with E-state index in [0.717, 1.165) is 11.3 Å². The van der Waals surface area contributed by atoms with E-state index in [9.17, 15) is 9.59 Å². The van der Waals surface area contributed by atoms with Crippen molar-refractivity contribution < 1.29 is 19.1 Å². The highest BCUT2D eigenvalue weighted by Crippen LogP contribution is 2.33. The van der Waals surface area contributed by atoms with Crippen LogP contribution in [0.25, 0.3) is 0 Å². The van der Waals surface area contributed by atoms with Crippen LogP contribution in [-0.2, 0) is 15.0 Å². The molecule has 0 N–H and O–H groups in total. The van der Waals surface area contributed by atoms with Crippen molar-refractivity contribution >= 4 is 11.8 Å². The van der Waals surface area contributed by atoms with Gasteiger partial charge in [-0.2, -0.15) is 0 Å². The summed E-state index contributed by atoms with van der Waals surface area (Å²) in [4.78, 5) is 22.7. The highest BCUT2D eigenvalue weighted by Gasteiger charge is 2.23. The molecule has 4 heteroatoms. The van der Waals surface area contributed by atoms with Gasteiger partial charge in [-0.05, 0) is 48.7 Å². The van der Waals surface area contributed by atoms with E-state index in [1.807, 2.05) is 36.4 Å². The van der Waals surface area contributed by atoms with Gasteiger partial charge in [-0.25, -0.2) is 0 Å². The molecule has 138 valence electrons. The number of hydrogen-bond donors (Lipinski definition) is 0. The lowest BCUT2D eigenvalue weighted by molar-refractivity contribution is -0.134. The first-order chi connectivity index (χ1) is 12.3. The van der Waals surface area contributed by atoms with E-state index in [-0.39, 0.29) is 23.6 Å². The Hall–Kier alpha value is -2.62. The molecule has 4 nitrogen and oxygen atoms in total. The summed E-state index contributed by atoms with van der Waals surface area (Å²) in [6, 6.07) is 15.6. The Labute approximate surface area is 155 Å². The van der Waals surface area contributed by atoms with Crippen LogP contribution in [0, 0.1) is 0 Å². The molecule has 0 saturated carbocycles. The smallest absolute Gasteiger partial charge is 0.311 e. The van der Waals surface area contributed by atoms with E-state index in [1.165, 1.54) is 12.5 Å². The Morgan fingerprint density at radius 1 is 0.846 bits per heavy atom. The quantitative estimate of drug-likeness (QED) is 0.510. The van der Waals surface area contributed by atoms with Gasteiger partial charge in [0.25, 0.3) is 0 Å². The number of esters is 1. The van der Waals surface area contributed by atoms with Gasteiger partial charge in [0.15, 0.2) is 0 Å². The zero-order valence-corrected chi connectivity index (χ0v) is 15.9. The maximum atomic E-state index is 11.8. The minimum absolute atomic E-state index is 0.0860. The second kappa shape index (κ2) is 8.65. The van der Waals surface area contributed by atoms with Crippen molar-refractivity contribution in [2.24, 2.45) is 0 Å². The van der Waals surface area contributed by atoms with Gasteiger partial charge in [-0.1, -0.05) is 38.1 Å². The third-order valence-corrected chi connectivity index (χ3v) is 4.53. The molecule has 26 heavy (non-hydrogen) atoms. The van der Waals surface area contributed by atoms with Crippen molar-refractivity contribution in [1.29, 1.82) is 0 Å². The molecule has 0 aliphatic heterocycles. The predicted molar refractivity (Wildman–Crippen MR) is 102 cm³/mol. The second-order valence-electron chi connectivity index (χ2n) is 6.91. The summed E-state index contributed by atoms with van der Waals surface area (Å²) in [6.07, 6.45) is 1.18. The Kier molecular flexibility index (Phi) is 6.56. The topological polar surface area (TPSA) is 52.6 Å². The standard InChI is InChI=1S/C22H26O4/c1-16(23)6-5-7-21(24)26-20-14-10-18(11-15-20)22(2,3)17-8-12-19(25-4)13-9-17/h8-15H,5-7H2,1-4H3. The third kappa shape index (κ3) is 5.19. The van der Waals surface area contributed by atoms with Crippen LogP contribution in [0.4, 0.5) is 0 Å². The van der Waals surface area contributed by atoms with E-state index >= 15 is 0 Å². The number of carbonyl (C=O) groups is 2. The van der Waals surface area contributed by atoms with E-state index < -0.39 is 0 Å². The van der Waals surface area contributed by atoms with Crippen LogP contribution in [0.3, 0.4) is 0 Å². The Balaban J connectivity index is 2.03. The van der Waals surface area contributed by atoms with Gasteiger partial charge in [0.2, 0.25) is 0 Å². The van der Waals surface area contributed by atoms with Gasteiger partial charge in [0.05, 0.1) is 7.11 Å². The van der Waals surface area contributed by atoms with Gasteiger partial charge < -0.3 is 14.3 Å². The van der Waals surface area contributed by atoms with Crippen LogP contribution in [0.2, 0.25) is 0 Å². The summed E-state index contributed by atoms with van der Waals surface area (Å²) in [5.41, 5.74) is 2.11. The molecule has 0 fully saturated rings. The molecule has 0 spiro atoms. The third-order valence-electron chi connectivity index (χ3n) is 4.53. The molecule has 0 atom stereocenters. The van der Waals surface area contributed by atoms with E-state index in [2.05, 4.69) is 26.0 Å². The summed E-state index contributed by atoms with van der Waals surface area (Å²) in [5, 5.41) is 0. The van der Waals surface area contributed by atoms with Crippen molar-refractivity contribution in [3.8, 4) is 11.5 Å². The minimum atomic E-state index is -0.312. The van der Waals surface area contributed by atoms with Crippen molar-refractivity contribution in [1.82, 2.24) is 0 Å². The summed E-state index contributed by atoms with van der Waals surface area (Å²) in [6.45, 7) is 5.82. The maximum Gasteiger partial charge on any atom is 0.311 e. The average molecular weight is 354 g/mol. The number of carbonyl (C=O) groups excluding carboxylic acids is 2. The van der Waals surface area contributed by atoms with Crippen molar-refractivity contribution in [3.05, 3.63) is 59.7 Å². The summed E-state index contributed by atoms with van der Waals surface area (Å²) in [7, 11) is 1.65. The highest BCUT2D eigenvalue weighted by molar-refractivity contribution is 5.77. The Morgan fingerprint density at radius 3 is 1.81 bits per heavy atom. The van der Waals surface area contributed by atoms with Gasteiger partial charge in [-0.15, -0.1) is 0 Å². The normalized spacial score (nSPS) is 11.1. The first kappa shape index (κ1) is 19.7.